The Hall–Kier alpha value is -2.27. The predicted molar refractivity (Wildman–Crippen MR) is 68.6 cm³/mol. The number of anilines is 2. The molecule has 8 heteroatoms. The summed E-state index contributed by atoms with van der Waals surface area (Å²) < 4.78 is 27.0. The SMILES string of the molecule is N#Cc1c(N)nc(N)nc1-c1c(F)cc(F)cc1Br. The van der Waals surface area contributed by atoms with Crippen LogP contribution in [0, 0.1) is 23.0 Å². The molecular weight excluding hydrogens is 320 g/mol. The first-order chi connectivity index (χ1) is 8.93. The second-order valence-electron chi connectivity index (χ2n) is 3.55. The van der Waals surface area contributed by atoms with Gasteiger partial charge < -0.3 is 11.5 Å². The van der Waals surface area contributed by atoms with Crippen LogP contribution in [0.4, 0.5) is 20.5 Å². The summed E-state index contributed by atoms with van der Waals surface area (Å²) in [7, 11) is 0. The van der Waals surface area contributed by atoms with Gasteiger partial charge in [0.15, 0.2) is 0 Å². The zero-order chi connectivity index (χ0) is 14.2. The largest absolute Gasteiger partial charge is 0.382 e. The summed E-state index contributed by atoms with van der Waals surface area (Å²) in [6.07, 6.45) is 0. The molecule has 0 aliphatic carbocycles. The highest BCUT2D eigenvalue weighted by Crippen LogP contribution is 2.34. The summed E-state index contributed by atoms with van der Waals surface area (Å²) in [5.74, 6) is -2.02. The Kier molecular flexibility index (Phi) is 3.31. The molecule has 0 saturated carbocycles. The van der Waals surface area contributed by atoms with E-state index in [1.165, 1.54) is 0 Å². The Bertz CT molecular complexity index is 688. The summed E-state index contributed by atoms with van der Waals surface area (Å²) >= 11 is 3.02. The molecule has 0 unspecified atom stereocenters. The zero-order valence-electron chi connectivity index (χ0n) is 9.28. The van der Waals surface area contributed by atoms with Crippen molar-refractivity contribution in [2.24, 2.45) is 0 Å². The van der Waals surface area contributed by atoms with Crippen LogP contribution >= 0.6 is 15.9 Å². The van der Waals surface area contributed by atoms with E-state index in [2.05, 4.69) is 25.9 Å². The minimum atomic E-state index is -0.888. The number of nitrogens with zero attached hydrogens (tertiary/aromatic N) is 3. The van der Waals surface area contributed by atoms with Crippen molar-refractivity contribution in [1.82, 2.24) is 9.97 Å². The molecule has 0 bridgehead atoms. The van der Waals surface area contributed by atoms with Crippen molar-refractivity contribution >= 4 is 27.7 Å². The van der Waals surface area contributed by atoms with E-state index in [-0.39, 0.29) is 33.1 Å². The summed E-state index contributed by atoms with van der Waals surface area (Å²) in [5, 5.41) is 9.03. The molecule has 0 fully saturated rings. The standard InChI is InChI=1S/C11H6BrF2N5/c12-6-1-4(13)2-7(14)8(6)9-5(3-15)10(16)19-11(17)18-9/h1-2H,(H4,16,17,18,19). The van der Waals surface area contributed by atoms with Crippen molar-refractivity contribution in [3.05, 3.63) is 33.8 Å². The van der Waals surface area contributed by atoms with Gasteiger partial charge in [-0.05, 0) is 22.0 Å². The fourth-order valence-corrected chi connectivity index (χ4v) is 2.15. The minimum Gasteiger partial charge on any atom is -0.382 e. The normalized spacial score (nSPS) is 10.2. The predicted octanol–water partition coefficient (Wildman–Crippen LogP) is 2.22. The smallest absolute Gasteiger partial charge is 0.222 e. The molecule has 4 N–H and O–H groups in total. The molecule has 5 nitrogen and oxygen atoms in total. The maximum absolute atomic E-state index is 13.9. The number of hydrogen-bond donors (Lipinski definition) is 2. The fraction of sp³-hybridized carbons (Fsp3) is 0. The molecule has 96 valence electrons. The van der Waals surface area contributed by atoms with Gasteiger partial charge in [-0.1, -0.05) is 0 Å². The van der Waals surface area contributed by atoms with Crippen LogP contribution in [0.15, 0.2) is 16.6 Å². The zero-order valence-corrected chi connectivity index (χ0v) is 10.9. The maximum atomic E-state index is 13.9. The quantitative estimate of drug-likeness (QED) is 0.837. The second-order valence-corrected chi connectivity index (χ2v) is 4.40. The van der Waals surface area contributed by atoms with Gasteiger partial charge in [-0.3, -0.25) is 0 Å². The molecule has 2 aromatic rings. The molecule has 0 amide bonds. The Morgan fingerprint density at radius 2 is 1.89 bits per heavy atom. The molecule has 0 spiro atoms. The third kappa shape index (κ3) is 2.32. The number of nitriles is 1. The fourth-order valence-electron chi connectivity index (χ4n) is 1.56. The highest BCUT2D eigenvalue weighted by molar-refractivity contribution is 9.10. The van der Waals surface area contributed by atoms with Gasteiger partial charge in [-0.25, -0.2) is 13.8 Å². The average molecular weight is 326 g/mol. The van der Waals surface area contributed by atoms with Gasteiger partial charge in [0.2, 0.25) is 5.95 Å². The van der Waals surface area contributed by atoms with Crippen molar-refractivity contribution < 1.29 is 8.78 Å². The Morgan fingerprint density at radius 1 is 1.21 bits per heavy atom. The summed E-state index contributed by atoms with van der Waals surface area (Å²) in [5.41, 5.74) is 10.7. The van der Waals surface area contributed by atoms with E-state index < -0.39 is 11.6 Å². The van der Waals surface area contributed by atoms with E-state index >= 15 is 0 Å². The van der Waals surface area contributed by atoms with Crippen LogP contribution < -0.4 is 11.5 Å². The topological polar surface area (TPSA) is 102 Å². The van der Waals surface area contributed by atoms with E-state index in [0.29, 0.717) is 6.07 Å². The van der Waals surface area contributed by atoms with Crippen LogP contribution in [-0.4, -0.2) is 9.97 Å². The van der Waals surface area contributed by atoms with E-state index in [0.717, 1.165) is 6.07 Å². The van der Waals surface area contributed by atoms with Crippen molar-refractivity contribution in [2.75, 3.05) is 11.5 Å². The first kappa shape index (κ1) is 13.2. The van der Waals surface area contributed by atoms with Gasteiger partial charge >= 0.3 is 0 Å². The summed E-state index contributed by atoms with van der Waals surface area (Å²) in [6, 6.07) is 3.50. The second kappa shape index (κ2) is 4.78. The molecule has 1 aromatic heterocycles. The molecular formula is C11H6BrF2N5. The number of benzene rings is 1. The van der Waals surface area contributed by atoms with Gasteiger partial charge in [-0.2, -0.15) is 10.2 Å². The van der Waals surface area contributed by atoms with Crippen LogP contribution in [-0.2, 0) is 0 Å². The Morgan fingerprint density at radius 3 is 2.47 bits per heavy atom. The molecule has 19 heavy (non-hydrogen) atoms. The monoisotopic (exact) mass is 325 g/mol. The Balaban J connectivity index is 2.84. The highest BCUT2D eigenvalue weighted by Gasteiger charge is 2.20. The van der Waals surface area contributed by atoms with E-state index in [1.54, 1.807) is 6.07 Å². The summed E-state index contributed by atoms with van der Waals surface area (Å²) in [6.45, 7) is 0. The van der Waals surface area contributed by atoms with Crippen LogP contribution in [0.25, 0.3) is 11.3 Å². The van der Waals surface area contributed by atoms with Gasteiger partial charge in [0.1, 0.15) is 29.1 Å². The number of hydrogen-bond acceptors (Lipinski definition) is 5. The molecule has 1 aromatic carbocycles. The first-order valence-electron chi connectivity index (χ1n) is 4.92. The molecule has 2 rings (SSSR count). The number of halogens is 3. The molecule has 1 heterocycles. The lowest BCUT2D eigenvalue weighted by atomic mass is 10.1. The highest BCUT2D eigenvalue weighted by atomic mass is 79.9. The number of nitrogens with two attached hydrogens (primary N) is 2. The van der Waals surface area contributed by atoms with Crippen LogP contribution in [0.5, 0.6) is 0 Å². The van der Waals surface area contributed by atoms with E-state index in [4.69, 9.17) is 16.7 Å². The van der Waals surface area contributed by atoms with Gasteiger partial charge in [0, 0.05) is 10.5 Å². The van der Waals surface area contributed by atoms with Crippen molar-refractivity contribution in [2.45, 2.75) is 0 Å². The molecule has 0 atom stereocenters. The molecule has 0 aliphatic heterocycles. The number of aromatic nitrogens is 2. The van der Waals surface area contributed by atoms with Crippen LogP contribution in [0.2, 0.25) is 0 Å². The Labute approximate surface area is 115 Å². The molecule has 0 radical (unpaired) electrons. The third-order valence-corrected chi connectivity index (χ3v) is 2.94. The number of rotatable bonds is 1. The van der Waals surface area contributed by atoms with Crippen molar-refractivity contribution in [1.29, 1.82) is 5.26 Å². The minimum absolute atomic E-state index is 0.0862. The van der Waals surface area contributed by atoms with E-state index in [1.807, 2.05) is 0 Å². The van der Waals surface area contributed by atoms with Crippen molar-refractivity contribution in [3.63, 3.8) is 0 Å². The molecule has 0 aliphatic rings. The lowest BCUT2D eigenvalue weighted by Gasteiger charge is -2.09. The lowest BCUT2D eigenvalue weighted by molar-refractivity contribution is 0.584. The number of nitrogen functional groups attached to an aromatic ring is 2. The molecule has 0 saturated heterocycles. The third-order valence-electron chi connectivity index (χ3n) is 2.31. The van der Waals surface area contributed by atoms with Gasteiger partial charge in [0.25, 0.3) is 0 Å². The first-order valence-corrected chi connectivity index (χ1v) is 5.71. The lowest BCUT2D eigenvalue weighted by Crippen LogP contribution is -2.06. The average Bonchev–Trinajstić information content (AvgIpc) is 2.26. The van der Waals surface area contributed by atoms with Crippen LogP contribution in [0.3, 0.4) is 0 Å². The van der Waals surface area contributed by atoms with Gasteiger partial charge in [0.05, 0.1) is 11.3 Å². The maximum Gasteiger partial charge on any atom is 0.222 e. The van der Waals surface area contributed by atoms with Crippen LogP contribution in [0.1, 0.15) is 5.56 Å². The van der Waals surface area contributed by atoms with Gasteiger partial charge in [-0.15, -0.1) is 0 Å². The van der Waals surface area contributed by atoms with E-state index in [9.17, 15) is 8.78 Å². The summed E-state index contributed by atoms with van der Waals surface area (Å²) in [4.78, 5) is 7.42. The van der Waals surface area contributed by atoms with Crippen molar-refractivity contribution in [3.8, 4) is 17.3 Å².